The number of aliphatic carboxylic acids is 2. The Morgan fingerprint density at radius 2 is 1.71 bits per heavy atom. The molecule has 0 saturated carbocycles. The first-order valence-electron chi connectivity index (χ1n) is 3.76. The summed E-state index contributed by atoms with van der Waals surface area (Å²) in [4.78, 5) is 20.4. The maximum Gasteiger partial charge on any atom is 0.306 e. The Morgan fingerprint density at radius 3 is 2.00 bits per heavy atom. The SMILES string of the molecule is O=C(O)CC(O)C(O)(CO)CC(=O)O. The number of aliphatic hydroxyl groups is 3. The molecule has 0 heterocycles. The second kappa shape index (κ2) is 4.89. The lowest BCUT2D eigenvalue weighted by molar-refractivity contribution is -0.162. The van der Waals surface area contributed by atoms with Crippen molar-refractivity contribution < 1.29 is 35.1 Å². The molecule has 0 amide bonds. The Balaban J connectivity index is 4.49. The van der Waals surface area contributed by atoms with Crippen molar-refractivity contribution in [3.8, 4) is 0 Å². The first kappa shape index (κ1) is 12.8. The van der Waals surface area contributed by atoms with Gasteiger partial charge in [-0.2, -0.15) is 0 Å². The van der Waals surface area contributed by atoms with Crippen LogP contribution in [0.1, 0.15) is 12.8 Å². The van der Waals surface area contributed by atoms with E-state index in [2.05, 4.69) is 0 Å². The summed E-state index contributed by atoms with van der Waals surface area (Å²) >= 11 is 0. The lowest BCUT2D eigenvalue weighted by Gasteiger charge is -2.28. The van der Waals surface area contributed by atoms with E-state index in [4.69, 9.17) is 20.4 Å². The van der Waals surface area contributed by atoms with Crippen molar-refractivity contribution in [2.45, 2.75) is 24.5 Å². The van der Waals surface area contributed by atoms with Crippen molar-refractivity contribution in [1.82, 2.24) is 0 Å². The average Bonchev–Trinajstić information content (AvgIpc) is 2.01. The molecule has 0 spiro atoms. The van der Waals surface area contributed by atoms with Crippen molar-refractivity contribution >= 4 is 11.9 Å². The van der Waals surface area contributed by atoms with Crippen LogP contribution in [-0.4, -0.2) is 55.8 Å². The van der Waals surface area contributed by atoms with Crippen molar-refractivity contribution in [2.24, 2.45) is 0 Å². The molecule has 0 aromatic rings. The third-order valence-corrected chi connectivity index (χ3v) is 1.72. The monoisotopic (exact) mass is 208 g/mol. The minimum absolute atomic E-state index is 0.829. The Hall–Kier alpha value is -1.18. The normalized spacial score (nSPS) is 17.1. The molecule has 2 atom stereocenters. The van der Waals surface area contributed by atoms with E-state index < -0.39 is 43.1 Å². The van der Waals surface area contributed by atoms with Crippen LogP contribution >= 0.6 is 0 Å². The number of carboxylic acid groups (broad SMARTS) is 2. The summed E-state index contributed by atoms with van der Waals surface area (Å²) in [6.45, 7) is -1.02. The van der Waals surface area contributed by atoms with E-state index in [1.807, 2.05) is 0 Å². The Kier molecular flexibility index (Phi) is 4.48. The summed E-state index contributed by atoms with van der Waals surface area (Å²) < 4.78 is 0. The highest BCUT2D eigenvalue weighted by molar-refractivity contribution is 5.70. The van der Waals surface area contributed by atoms with Gasteiger partial charge < -0.3 is 25.5 Å². The largest absolute Gasteiger partial charge is 0.481 e. The zero-order valence-electron chi connectivity index (χ0n) is 7.25. The lowest BCUT2D eigenvalue weighted by Crippen LogP contribution is -2.48. The third kappa shape index (κ3) is 3.69. The summed E-state index contributed by atoms with van der Waals surface area (Å²) in [6, 6.07) is 0. The smallest absolute Gasteiger partial charge is 0.306 e. The first-order chi connectivity index (χ1) is 6.31. The molecule has 7 nitrogen and oxygen atoms in total. The van der Waals surface area contributed by atoms with Gasteiger partial charge in [-0.15, -0.1) is 0 Å². The predicted octanol–water partition coefficient (Wildman–Crippen LogP) is -1.98. The molecule has 7 heteroatoms. The van der Waals surface area contributed by atoms with Crippen molar-refractivity contribution in [3.05, 3.63) is 0 Å². The van der Waals surface area contributed by atoms with E-state index >= 15 is 0 Å². The van der Waals surface area contributed by atoms with Crippen LogP contribution in [-0.2, 0) is 9.59 Å². The Morgan fingerprint density at radius 1 is 1.21 bits per heavy atom. The van der Waals surface area contributed by atoms with Crippen LogP contribution in [0.4, 0.5) is 0 Å². The average molecular weight is 208 g/mol. The molecule has 5 N–H and O–H groups in total. The molecule has 0 bridgehead atoms. The second-order valence-corrected chi connectivity index (χ2v) is 2.95. The van der Waals surface area contributed by atoms with Gasteiger partial charge >= 0.3 is 11.9 Å². The Labute approximate surface area is 79.2 Å². The van der Waals surface area contributed by atoms with Gasteiger partial charge in [0.15, 0.2) is 0 Å². The van der Waals surface area contributed by atoms with Gasteiger partial charge in [-0.05, 0) is 0 Å². The number of aliphatic hydroxyl groups excluding tert-OH is 2. The van der Waals surface area contributed by atoms with Crippen LogP contribution in [0.5, 0.6) is 0 Å². The maximum atomic E-state index is 10.2. The quantitative estimate of drug-likeness (QED) is 0.341. The molecule has 0 aromatic heterocycles. The molecule has 0 aliphatic heterocycles. The van der Waals surface area contributed by atoms with Gasteiger partial charge in [-0.25, -0.2) is 0 Å². The van der Waals surface area contributed by atoms with Crippen LogP contribution in [0, 0.1) is 0 Å². The van der Waals surface area contributed by atoms with Gasteiger partial charge in [0.1, 0.15) is 5.60 Å². The molecule has 0 saturated heterocycles. The van der Waals surface area contributed by atoms with E-state index in [0.717, 1.165) is 0 Å². The topological polar surface area (TPSA) is 135 Å². The molecule has 2 unspecified atom stereocenters. The molecule has 0 radical (unpaired) electrons. The highest BCUT2D eigenvalue weighted by Gasteiger charge is 2.38. The van der Waals surface area contributed by atoms with E-state index in [-0.39, 0.29) is 0 Å². The highest BCUT2D eigenvalue weighted by Crippen LogP contribution is 2.17. The number of hydrogen-bond donors (Lipinski definition) is 5. The first-order valence-corrected chi connectivity index (χ1v) is 3.76. The fraction of sp³-hybridized carbons (Fsp3) is 0.714. The molecule has 82 valence electrons. The standard InChI is InChI=1S/C7H12O7/c8-3-7(14,2-6(12)13)4(9)1-5(10)11/h4,8-9,14H,1-3H2,(H,10,11)(H,12,13). The molecular weight excluding hydrogens is 196 g/mol. The lowest BCUT2D eigenvalue weighted by atomic mass is 9.91. The second-order valence-electron chi connectivity index (χ2n) is 2.95. The van der Waals surface area contributed by atoms with Crippen LogP contribution in [0.15, 0.2) is 0 Å². The van der Waals surface area contributed by atoms with Crippen molar-refractivity contribution in [2.75, 3.05) is 6.61 Å². The zero-order valence-corrected chi connectivity index (χ0v) is 7.25. The zero-order chi connectivity index (χ0) is 11.4. The van der Waals surface area contributed by atoms with Gasteiger partial charge in [0.25, 0.3) is 0 Å². The molecule has 0 aliphatic carbocycles. The Bertz CT molecular complexity index is 226. The molecule has 0 rings (SSSR count). The van der Waals surface area contributed by atoms with Gasteiger partial charge in [-0.3, -0.25) is 9.59 Å². The summed E-state index contributed by atoms with van der Waals surface area (Å²) in [5.74, 6) is -2.83. The number of hydrogen-bond acceptors (Lipinski definition) is 5. The van der Waals surface area contributed by atoms with Gasteiger partial charge in [0.2, 0.25) is 0 Å². The maximum absolute atomic E-state index is 10.2. The van der Waals surface area contributed by atoms with Crippen LogP contribution in [0.25, 0.3) is 0 Å². The minimum Gasteiger partial charge on any atom is -0.481 e. The summed E-state index contributed by atoms with van der Waals surface area (Å²) in [5, 5.41) is 43.8. The highest BCUT2D eigenvalue weighted by atomic mass is 16.4. The fourth-order valence-electron chi connectivity index (χ4n) is 0.896. The van der Waals surface area contributed by atoms with Crippen LogP contribution in [0.2, 0.25) is 0 Å². The predicted molar refractivity (Wildman–Crippen MR) is 42.5 cm³/mol. The van der Waals surface area contributed by atoms with Gasteiger partial charge in [-0.1, -0.05) is 0 Å². The number of rotatable bonds is 6. The molecule has 0 aliphatic rings. The summed E-state index contributed by atoms with van der Waals surface area (Å²) in [7, 11) is 0. The number of carboxylic acids is 2. The fourth-order valence-corrected chi connectivity index (χ4v) is 0.896. The van der Waals surface area contributed by atoms with Gasteiger partial charge in [0, 0.05) is 0 Å². The minimum atomic E-state index is -2.32. The van der Waals surface area contributed by atoms with E-state index in [9.17, 15) is 14.7 Å². The molecular formula is C7H12O7. The van der Waals surface area contributed by atoms with Gasteiger partial charge in [0.05, 0.1) is 25.6 Å². The third-order valence-electron chi connectivity index (χ3n) is 1.72. The summed E-state index contributed by atoms with van der Waals surface area (Å²) in [5.41, 5.74) is -2.32. The molecule has 0 aromatic carbocycles. The van der Waals surface area contributed by atoms with Crippen LogP contribution in [0.3, 0.4) is 0 Å². The molecule has 0 fully saturated rings. The van der Waals surface area contributed by atoms with E-state index in [1.54, 1.807) is 0 Å². The summed E-state index contributed by atoms with van der Waals surface area (Å²) in [6.07, 6.45) is -3.57. The van der Waals surface area contributed by atoms with Crippen LogP contribution < -0.4 is 0 Å². The van der Waals surface area contributed by atoms with E-state index in [1.165, 1.54) is 0 Å². The van der Waals surface area contributed by atoms with E-state index in [0.29, 0.717) is 0 Å². The molecule has 14 heavy (non-hydrogen) atoms. The van der Waals surface area contributed by atoms with Crippen molar-refractivity contribution in [3.63, 3.8) is 0 Å². The van der Waals surface area contributed by atoms with Crippen molar-refractivity contribution in [1.29, 1.82) is 0 Å². The number of carbonyl (C=O) groups is 2.